The summed E-state index contributed by atoms with van der Waals surface area (Å²) in [5.74, 6) is 0.221. The highest BCUT2D eigenvalue weighted by molar-refractivity contribution is 5.72. The fourth-order valence-corrected chi connectivity index (χ4v) is 2.44. The number of rotatable bonds is 5. The van der Waals surface area contributed by atoms with E-state index in [0.29, 0.717) is 12.0 Å². The van der Waals surface area contributed by atoms with E-state index in [1.165, 1.54) is 13.5 Å². The van der Waals surface area contributed by atoms with Crippen molar-refractivity contribution in [3.05, 3.63) is 0 Å². The van der Waals surface area contributed by atoms with Crippen LogP contribution >= 0.6 is 0 Å². The van der Waals surface area contributed by atoms with Gasteiger partial charge in [-0.15, -0.1) is 0 Å². The highest BCUT2D eigenvalue weighted by Gasteiger charge is 2.29. The van der Waals surface area contributed by atoms with Crippen LogP contribution in [0.25, 0.3) is 0 Å². The Kier molecular flexibility index (Phi) is 5.40. The van der Waals surface area contributed by atoms with Gasteiger partial charge < -0.3 is 14.5 Å². The average Bonchev–Trinajstić information content (AvgIpc) is 2.71. The molecule has 1 aliphatic rings. The molecule has 2 unspecified atom stereocenters. The summed E-state index contributed by atoms with van der Waals surface area (Å²) in [5, 5.41) is 0. The van der Waals surface area contributed by atoms with Crippen LogP contribution < -0.4 is 0 Å². The van der Waals surface area contributed by atoms with Crippen molar-refractivity contribution in [3.8, 4) is 0 Å². The Hall–Kier alpha value is -0.610. The Labute approximate surface area is 105 Å². The number of likely N-dealkylation sites (tertiary alicyclic amines) is 1. The number of hydrogen-bond acceptors (Lipinski definition) is 4. The molecule has 0 spiro atoms. The summed E-state index contributed by atoms with van der Waals surface area (Å²) < 4.78 is 4.88. The summed E-state index contributed by atoms with van der Waals surface area (Å²) in [6.07, 6.45) is 1.19. The van der Waals surface area contributed by atoms with Gasteiger partial charge in [0, 0.05) is 19.1 Å². The average molecular weight is 242 g/mol. The zero-order valence-electron chi connectivity index (χ0n) is 11.8. The van der Waals surface area contributed by atoms with Crippen LogP contribution in [0.3, 0.4) is 0 Å². The Morgan fingerprint density at radius 3 is 2.59 bits per heavy atom. The third-order valence-electron chi connectivity index (χ3n) is 3.78. The van der Waals surface area contributed by atoms with Gasteiger partial charge in [0.15, 0.2) is 0 Å². The first-order valence-electron chi connectivity index (χ1n) is 6.42. The van der Waals surface area contributed by atoms with Gasteiger partial charge in [0.25, 0.3) is 0 Å². The van der Waals surface area contributed by atoms with Crippen molar-refractivity contribution < 1.29 is 9.53 Å². The summed E-state index contributed by atoms with van der Waals surface area (Å²) in [7, 11) is 5.73. The lowest BCUT2D eigenvalue weighted by Crippen LogP contribution is -2.41. The molecule has 1 aliphatic heterocycles. The molecule has 0 amide bonds. The molecule has 4 heteroatoms. The minimum Gasteiger partial charge on any atom is -0.469 e. The van der Waals surface area contributed by atoms with E-state index in [4.69, 9.17) is 4.74 Å². The Morgan fingerprint density at radius 1 is 1.53 bits per heavy atom. The molecular formula is C13H26N2O2. The maximum absolute atomic E-state index is 11.7. The molecular weight excluding hydrogens is 216 g/mol. The van der Waals surface area contributed by atoms with E-state index in [2.05, 4.69) is 37.7 Å². The smallest absolute Gasteiger partial charge is 0.310 e. The quantitative estimate of drug-likeness (QED) is 0.675. The molecule has 1 heterocycles. The highest BCUT2D eigenvalue weighted by Crippen LogP contribution is 2.18. The number of carbonyl (C=O) groups excluding carboxylic acids is 1. The molecule has 0 N–H and O–H groups in total. The lowest BCUT2D eigenvalue weighted by atomic mass is 9.95. The second-order valence-corrected chi connectivity index (χ2v) is 5.52. The largest absolute Gasteiger partial charge is 0.469 e. The zero-order valence-corrected chi connectivity index (χ0v) is 11.8. The molecule has 0 aromatic heterocycles. The van der Waals surface area contributed by atoms with E-state index < -0.39 is 0 Å². The van der Waals surface area contributed by atoms with Gasteiger partial charge in [-0.1, -0.05) is 13.8 Å². The molecule has 1 saturated heterocycles. The van der Waals surface area contributed by atoms with Crippen LogP contribution in [0, 0.1) is 11.8 Å². The zero-order chi connectivity index (χ0) is 13.0. The molecule has 1 rings (SSSR count). The van der Waals surface area contributed by atoms with Crippen LogP contribution in [0.5, 0.6) is 0 Å². The molecule has 2 atom stereocenters. The molecule has 1 fully saturated rings. The lowest BCUT2D eigenvalue weighted by molar-refractivity contribution is -0.147. The lowest BCUT2D eigenvalue weighted by Gasteiger charge is -2.29. The van der Waals surface area contributed by atoms with Crippen molar-refractivity contribution in [2.24, 2.45) is 11.8 Å². The topological polar surface area (TPSA) is 32.8 Å². The van der Waals surface area contributed by atoms with E-state index in [9.17, 15) is 4.79 Å². The van der Waals surface area contributed by atoms with E-state index >= 15 is 0 Å². The molecule has 0 saturated carbocycles. The van der Waals surface area contributed by atoms with Gasteiger partial charge in [0.1, 0.15) is 0 Å². The third-order valence-corrected chi connectivity index (χ3v) is 3.78. The van der Waals surface area contributed by atoms with E-state index in [-0.39, 0.29) is 11.9 Å². The summed E-state index contributed by atoms with van der Waals surface area (Å²) >= 11 is 0. The van der Waals surface area contributed by atoms with Crippen molar-refractivity contribution in [1.29, 1.82) is 0 Å². The number of likely N-dealkylation sites (N-methyl/N-ethyl adjacent to an activating group) is 2. The number of nitrogens with zero attached hydrogens (tertiary/aromatic N) is 2. The summed E-state index contributed by atoms with van der Waals surface area (Å²) in [6, 6.07) is 0.575. The first-order chi connectivity index (χ1) is 7.95. The number of ether oxygens (including phenoxy) is 1. The molecule has 0 bridgehead atoms. The second kappa shape index (κ2) is 6.36. The summed E-state index contributed by atoms with van der Waals surface area (Å²) in [5.41, 5.74) is 0. The first kappa shape index (κ1) is 14.5. The van der Waals surface area contributed by atoms with E-state index in [1.807, 2.05) is 0 Å². The van der Waals surface area contributed by atoms with Crippen LogP contribution in [-0.4, -0.2) is 62.7 Å². The Bertz CT molecular complexity index is 256. The predicted octanol–water partition coefficient (Wildman–Crippen LogP) is 1.07. The SMILES string of the molecule is COC(=O)C(CN(C)C1CCN(C)C1)C(C)C. The minimum absolute atomic E-state index is 0.0177. The molecule has 17 heavy (non-hydrogen) atoms. The van der Waals surface area contributed by atoms with Gasteiger partial charge in [-0.3, -0.25) is 4.79 Å². The van der Waals surface area contributed by atoms with Crippen LogP contribution in [0.4, 0.5) is 0 Å². The standard InChI is InChI=1S/C13H26N2O2/c1-10(2)12(13(16)17-5)9-15(4)11-6-7-14(3)8-11/h10-12H,6-9H2,1-5H3. The Morgan fingerprint density at radius 2 is 2.18 bits per heavy atom. The third kappa shape index (κ3) is 3.96. The van der Waals surface area contributed by atoms with Gasteiger partial charge in [-0.25, -0.2) is 0 Å². The first-order valence-corrected chi connectivity index (χ1v) is 6.42. The van der Waals surface area contributed by atoms with Crippen molar-refractivity contribution >= 4 is 5.97 Å². The van der Waals surface area contributed by atoms with E-state index in [1.54, 1.807) is 0 Å². The van der Waals surface area contributed by atoms with Gasteiger partial charge in [-0.2, -0.15) is 0 Å². The maximum Gasteiger partial charge on any atom is 0.310 e. The fourth-order valence-electron chi connectivity index (χ4n) is 2.44. The van der Waals surface area contributed by atoms with Gasteiger partial charge in [0.05, 0.1) is 13.0 Å². The van der Waals surface area contributed by atoms with Crippen molar-refractivity contribution in [1.82, 2.24) is 9.80 Å². The van der Waals surface area contributed by atoms with Crippen molar-refractivity contribution in [3.63, 3.8) is 0 Å². The monoisotopic (exact) mass is 242 g/mol. The number of hydrogen-bond donors (Lipinski definition) is 0. The number of esters is 1. The molecule has 0 aromatic rings. The van der Waals surface area contributed by atoms with Crippen molar-refractivity contribution in [2.45, 2.75) is 26.3 Å². The highest BCUT2D eigenvalue weighted by atomic mass is 16.5. The van der Waals surface area contributed by atoms with Crippen LogP contribution in [0.1, 0.15) is 20.3 Å². The van der Waals surface area contributed by atoms with Crippen LogP contribution in [0.2, 0.25) is 0 Å². The molecule has 0 radical (unpaired) electrons. The molecule has 0 aliphatic carbocycles. The molecule has 100 valence electrons. The van der Waals surface area contributed by atoms with E-state index in [0.717, 1.165) is 19.6 Å². The summed E-state index contributed by atoms with van der Waals surface area (Å²) in [4.78, 5) is 16.4. The van der Waals surface area contributed by atoms with Crippen molar-refractivity contribution in [2.75, 3.05) is 40.8 Å². The summed E-state index contributed by atoms with van der Waals surface area (Å²) in [6.45, 7) is 7.21. The Balaban J connectivity index is 2.52. The van der Waals surface area contributed by atoms with Crippen LogP contribution in [-0.2, 0) is 9.53 Å². The number of methoxy groups -OCH3 is 1. The molecule has 0 aromatic carbocycles. The van der Waals surface area contributed by atoms with Crippen LogP contribution in [0.15, 0.2) is 0 Å². The maximum atomic E-state index is 11.7. The number of carbonyl (C=O) groups is 1. The fraction of sp³-hybridized carbons (Fsp3) is 0.923. The minimum atomic E-state index is -0.0850. The second-order valence-electron chi connectivity index (χ2n) is 5.52. The van der Waals surface area contributed by atoms with Gasteiger partial charge >= 0.3 is 5.97 Å². The van der Waals surface area contributed by atoms with Gasteiger partial charge in [0.2, 0.25) is 0 Å². The van der Waals surface area contributed by atoms with Gasteiger partial charge in [-0.05, 0) is 33.0 Å². The molecule has 4 nitrogen and oxygen atoms in total. The predicted molar refractivity (Wildman–Crippen MR) is 68.9 cm³/mol. The normalized spacial score (nSPS) is 23.4.